The Bertz CT molecular complexity index is 584. The Morgan fingerprint density at radius 1 is 1.25 bits per heavy atom. The number of hydrogen-bond donors (Lipinski definition) is 1. The standard InChI is InChI=1S/C14H17Cl2N3S/c1-8(2)13-14(20-19-18-13)12(17-3)7-9-4-5-10(15)11(16)6-9/h4-6,8,12,17H,7H2,1-3H3. The molecule has 1 aromatic carbocycles. The molecule has 0 radical (unpaired) electrons. The molecule has 0 saturated carbocycles. The van der Waals surface area contributed by atoms with E-state index in [0.29, 0.717) is 16.0 Å². The molecule has 0 aliphatic carbocycles. The molecular weight excluding hydrogens is 313 g/mol. The lowest BCUT2D eigenvalue weighted by Gasteiger charge is -2.17. The van der Waals surface area contributed by atoms with E-state index in [1.165, 1.54) is 16.4 Å². The smallest absolute Gasteiger partial charge is 0.0829 e. The Balaban J connectivity index is 2.24. The Morgan fingerprint density at radius 2 is 2.00 bits per heavy atom. The van der Waals surface area contributed by atoms with E-state index in [-0.39, 0.29) is 6.04 Å². The van der Waals surface area contributed by atoms with Gasteiger partial charge < -0.3 is 5.32 Å². The molecular formula is C14H17Cl2N3S. The summed E-state index contributed by atoms with van der Waals surface area (Å²) in [6.45, 7) is 4.26. The maximum absolute atomic E-state index is 6.07. The summed E-state index contributed by atoms with van der Waals surface area (Å²) in [6, 6.07) is 5.93. The molecule has 0 spiro atoms. The van der Waals surface area contributed by atoms with Crippen LogP contribution in [0, 0.1) is 0 Å². The highest BCUT2D eigenvalue weighted by Crippen LogP contribution is 2.30. The summed E-state index contributed by atoms with van der Waals surface area (Å²) in [7, 11) is 1.95. The van der Waals surface area contributed by atoms with Crippen molar-refractivity contribution in [3.05, 3.63) is 44.4 Å². The molecule has 1 atom stereocenters. The third kappa shape index (κ3) is 3.50. The SMILES string of the molecule is CNC(Cc1ccc(Cl)c(Cl)c1)c1snnc1C(C)C. The van der Waals surface area contributed by atoms with E-state index < -0.39 is 0 Å². The lowest BCUT2D eigenvalue weighted by molar-refractivity contribution is 0.589. The van der Waals surface area contributed by atoms with Gasteiger partial charge in [-0.05, 0) is 48.6 Å². The zero-order chi connectivity index (χ0) is 14.7. The molecule has 2 aromatic rings. The number of likely N-dealkylation sites (N-methyl/N-ethyl adjacent to an activating group) is 1. The van der Waals surface area contributed by atoms with Gasteiger partial charge in [0.05, 0.1) is 20.6 Å². The van der Waals surface area contributed by atoms with Crippen molar-refractivity contribution in [2.45, 2.75) is 32.2 Å². The van der Waals surface area contributed by atoms with E-state index in [0.717, 1.165) is 17.7 Å². The highest BCUT2D eigenvalue weighted by Gasteiger charge is 2.20. The van der Waals surface area contributed by atoms with Crippen LogP contribution >= 0.6 is 34.7 Å². The molecule has 3 nitrogen and oxygen atoms in total. The van der Waals surface area contributed by atoms with Crippen molar-refractivity contribution in [1.82, 2.24) is 14.9 Å². The van der Waals surface area contributed by atoms with Gasteiger partial charge in [0, 0.05) is 6.04 Å². The Labute approximate surface area is 133 Å². The van der Waals surface area contributed by atoms with Gasteiger partial charge in [-0.15, -0.1) is 5.10 Å². The molecule has 1 heterocycles. The second kappa shape index (κ2) is 6.85. The van der Waals surface area contributed by atoms with Gasteiger partial charge in [0.2, 0.25) is 0 Å². The minimum absolute atomic E-state index is 0.185. The van der Waals surface area contributed by atoms with Crippen molar-refractivity contribution in [1.29, 1.82) is 0 Å². The van der Waals surface area contributed by atoms with Gasteiger partial charge in [0.15, 0.2) is 0 Å². The summed E-state index contributed by atoms with van der Waals surface area (Å²) in [6.07, 6.45) is 0.830. The topological polar surface area (TPSA) is 37.8 Å². The monoisotopic (exact) mass is 329 g/mol. The summed E-state index contributed by atoms with van der Waals surface area (Å²) >= 11 is 13.5. The largest absolute Gasteiger partial charge is 0.312 e. The van der Waals surface area contributed by atoms with Gasteiger partial charge in [-0.25, -0.2) is 0 Å². The third-order valence-corrected chi connectivity index (χ3v) is 4.77. The second-order valence-electron chi connectivity index (χ2n) is 4.97. The van der Waals surface area contributed by atoms with Crippen LogP contribution in [0.4, 0.5) is 0 Å². The van der Waals surface area contributed by atoms with Gasteiger partial charge in [0.1, 0.15) is 0 Å². The average molecular weight is 330 g/mol. The van der Waals surface area contributed by atoms with Gasteiger partial charge >= 0.3 is 0 Å². The minimum Gasteiger partial charge on any atom is -0.312 e. The molecule has 6 heteroatoms. The molecule has 2 rings (SSSR count). The third-order valence-electron chi connectivity index (χ3n) is 3.18. The Kier molecular flexibility index (Phi) is 5.38. The zero-order valence-electron chi connectivity index (χ0n) is 11.7. The number of nitrogens with one attached hydrogen (secondary N) is 1. The van der Waals surface area contributed by atoms with Gasteiger partial charge in [0.25, 0.3) is 0 Å². The van der Waals surface area contributed by atoms with Crippen LogP contribution in [0.1, 0.15) is 41.9 Å². The maximum atomic E-state index is 6.07. The average Bonchev–Trinajstić information content (AvgIpc) is 2.89. The van der Waals surface area contributed by atoms with Crippen LogP contribution in [-0.2, 0) is 6.42 Å². The predicted molar refractivity (Wildman–Crippen MR) is 86.0 cm³/mol. The van der Waals surface area contributed by atoms with Gasteiger partial charge in [-0.3, -0.25) is 0 Å². The number of benzene rings is 1. The van der Waals surface area contributed by atoms with Crippen molar-refractivity contribution in [3.8, 4) is 0 Å². The summed E-state index contributed by atoms with van der Waals surface area (Å²) in [5.41, 5.74) is 2.20. The molecule has 108 valence electrons. The molecule has 1 aromatic heterocycles. The lowest BCUT2D eigenvalue weighted by Crippen LogP contribution is -2.19. The van der Waals surface area contributed by atoms with Crippen LogP contribution in [-0.4, -0.2) is 16.6 Å². The summed E-state index contributed by atoms with van der Waals surface area (Å²) < 4.78 is 4.09. The normalized spacial score (nSPS) is 12.9. The second-order valence-corrected chi connectivity index (χ2v) is 6.57. The van der Waals surface area contributed by atoms with Crippen LogP contribution < -0.4 is 5.32 Å². The van der Waals surface area contributed by atoms with Crippen molar-refractivity contribution in [2.75, 3.05) is 7.05 Å². The summed E-state index contributed by atoms with van der Waals surface area (Å²) in [4.78, 5) is 1.19. The number of rotatable bonds is 5. The predicted octanol–water partition coefficient (Wildman–Crippen LogP) is 4.47. The molecule has 0 amide bonds. The van der Waals surface area contributed by atoms with Gasteiger partial charge in [-0.2, -0.15) is 0 Å². The minimum atomic E-state index is 0.185. The van der Waals surface area contributed by atoms with Crippen molar-refractivity contribution >= 4 is 34.7 Å². The first-order valence-corrected chi connectivity index (χ1v) is 7.99. The fourth-order valence-corrected chi connectivity index (χ4v) is 3.31. The van der Waals surface area contributed by atoms with Crippen LogP contribution in [0.25, 0.3) is 0 Å². The maximum Gasteiger partial charge on any atom is 0.0829 e. The van der Waals surface area contributed by atoms with Crippen molar-refractivity contribution < 1.29 is 0 Å². The molecule has 0 aliphatic heterocycles. The van der Waals surface area contributed by atoms with E-state index in [2.05, 4.69) is 28.8 Å². The molecule has 1 N–H and O–H groups in total. The molecule has 0 bridgehead atoms. The number of halogens is 2. The highest BCUT2D eigenvalue weighted by atomic mass is 35.5. The Morgan fingerprint density at radius 3 is 2.60 bits per heavy atom. The highest BCUT2D eigenvalue weighted by molar-refractivity contribution is 7.05. The van der Waals surface area contributed by atoms with Crippen molar-refractivity contribution in [2.24, 2.45) is 0 Å². The number of nitrogens with zero attached hydrogens (tertiary/aromatic N) is 2. The lowest BCUT2D eigenvalue weighted by atomic mass is 10.0. The summed E-state index contributed by atoms with van der Waals surface area (Å²) in [5, 5.41) is 8.75. The molecule has 0 aliphatic rings. The summed E-state index contributed by atoms with van der Waals surface area (Å²) in [5.74, 6) is 0.369. The van der Waals surface area contributed by atoms with E-state index in [4.69, 9.17) is 23.2 Å². The van der Waals surface area contributed by atoms with Crippen LogP contribution in [0.5, 0.6) is 0 Å². The molecule has 1 unspecified atom stereocenters. The van der Waals surface area contributed by atoms with Crippen LogP contribution in [0.2, 0.25) is 10.0 Å². The number of hydrogen-bond acceptors (Lipinski definition) is 4. The van der Waals surface area contributed by atoms with E-state index in [1.807, 2.05) is 25.2 Å². The van der Waals surface area contributed by atoms with Crippen LogP contribution in [0.15, 0.2) is 18.2 Å². The van der Waals surface area contributed by atoms with Crippen molar-refractivity contribution in [3.63, 3.8) is 0 Å². The first kappa shape index (κ1) is 15.7. The molecule has 0 saturated heterocycles. The van der Waals surface area contributed by atoms with E-state index >= 15 is 0 Å². The first-order valence-electron chi connectivity index (χ1n) is 6.46. The Hall–Kier alpha value is -0.680. The molecule has 0 fully saturated rings. The number of aromatic nitrogens is 2. The fourth-order valence-electron chi connectivity index (χ4n) is 2.07. The van der Waals surface area contributed by atoms with Crippen LogP contribution in [0.3, 0.4) is 0 Å². The fraction of sp³-hybridized carbons (Fsp3) is 0.429. The van der Waals surface area contributed by atoms with E-state index in [1.54, 1.807) is 0 Å². The first-order chi connectivity index (χ1) is 9.52. The van der Waals surface area contributed by atoms with Gasteiger partial charge in [-0.1, -0.05) is 47.6 Å². The molecule has 20 heavy (non-hydrogen) atoms. The quantitative estimate of drug-likeness (QED) is 0.879. The van der Waals surface area contributed by atoms with E-state index in [9.17, 15) is 0 Å². The zero-order valence-corrected chi connectivity index (χ0v) is 14.0.